The Kier molecular flexibility index (Phi) is 3.78. The molecule has 0 radical (unpaired) electrons. The van der Waals surface area contributed by atoms with Gasteiger partial charge in [-0.1, -0.05) is 0 Å². The van der Waals surface area contributed by atoms with Crippen molar-refractivity contribution in [3.05, 3.63) is 41.9 Å². The zero-order valence-electron chi connectivity index (χ0n) is 10.3. The minimum atomic E-state index is 0.158. The molecule has 1 aromatic heterocycles. The first-order valence-corrected chi connectivity index (χ1v) is 5.51. The number of rotatable bonds is 4. The van der Waals surface area contributed by atoms with Crippen LogP contribution in [0.15, 0.2) is 30.5 Å². The van der Waals surface area contributed by atoms with Crippen LogP contribution in [0.5, 0.6) is 11.5 Å². The number of hydrogen-bond donors (Lipinski definition) is 1. The Hall–Kier alpha value is -2.81. The molecule has 0 amide bonds. The van der Waals surface area contributed by atoms with E-state index in [9.17, 15) is 0 Å². The summed E-state index contributed by atoms with van der Waals surface area (Å²) >= 11 is 0. The quantitative estimate of drug-likeness (QED) is 0.891. The van der Waals surface area contributed by atoms with E-state index in [1.807, 2.05) is 6.07 Å². The first kappa shape index (κ1) is 12.6. The molecule has 0 bridgehead atoms. The van der Waals surface area contributed by atoms with Crippen LogP contribution in [-0.4, -0.2) is 17.1 Å². The van der Waals surface area contributed by atoms with Gasteiger partial charge in [-0.15, -0.1) is 0 Å². The molecule has 0 unspecified atom stereocenters. The average Bonchev–Trinajstić information content (AvgIpc) is 2.46. The average molecular weight is 256 g/mol. The molecule has 19 heavy (non-hydrogen) atoms. The first-order chi connectivity index (χ1) is 9.22. The maximum Gasteiger partial charge on any atom is 0.168 e. The molecule has 0 spiro atoms. The number of nitrogen functional groups attached to an aromatic ring is 1. The summed E-state index contributed by atoms with van der Waals surface area (Å²) in [5.41, 5.74) is 5.85. The lowest BCUT2D eigenvalue weighted by atomic mass is 10.3. The van der Waals surface area contributed by atoms with Crippen molar-refractivity contribution < 1.29 is 9.47 Å². The highest BCUT2D eigenvalue weighted by atomic mass is 16.5. The van der Waals surface area contributed by atoms with Gasteiger partial charge in [-0.3, -0.25) is 0 Å². The lowest BCUT2D eigenvalue weighted by Gasteiger charge is -2.06. The number of ether oxygens (including phenoxy) is 2. The van der Waals surface area contributed by atoms with Gasteiger partial charge in [0, 0.05) is 0 Å². The molecule has 0 aliphatic carbocycles. The van der Waals surface area contributed by atoms with Crippen molar-refractivity contribution in [3.8, 4) is 17.6 Å². The van der Waals surface area contributed by atoms with Crippen molar-refractivity contribution in [1.82, 2.24) is 9.97 Å². The number of nitrogens with zero attached hydrogens (tertiary/aromatic N) is 3. The summed E-state index contributed by atoms with van der Waals surface area (Å²) < 4.78 is 10.5. The van der Waals surface area contributed by atoms with Crippen LogP contribution in [-0.2, 0) is 6.61 Å². The Labute approximate surface area is 110 Å². The van der Waals surface area contributed by atoms with Gasteiger partial charge in [-0.25, -0.2) is 9.97 Å². The molecular weight excluding hydrogens is 244 g/mol. The minimum absolute atomic E-state index is 0.158. The standard InChI is InChI=1S/C13H12N4O2/c1-18-10-2-4-11(5-3-10)19-8-12-16-7-9(6-14)13(15)17-12/h2-5,7H,8H2,1H3,(H2,15,16,17). The molecule has 0 atom stereocenters. The largest absolute Gasteiger partial charge is 0.497 e. The van der Waals surface area contributed by atoms with Crippen LogP contribution in [0.1, 0.15) is 11.4 Å². The number of methoxy groups -OCH3 is 1. The normalized spacial score (nSPS) is 9.68. The van der Waals surface area contributed by atoms with Gasteiger partial charge >= 0.3 is 0 Å². The minimum Gasteiger partial charge on any atom is -0.497 e. The zero-order chi connectivity index (χ0) is 13.7. The molecule has 0 saturated carbocycles. The predicted molar refractivity (Wildman–Crippen MR) is 68.5 cm³/mol. The van der Waals surface area contributed by atoms with E-state index in [0.29, 0.717) is 11.6 Å². The monoisotopic (exact) mass is 256 g/mol. The van der Waals surface area contributed by atoms with Gasteiger partial charge < -0.3 is 15.2 Å². The Balaban J connectivity index is 2.02. The molecular formula is C13H12N4O2. The molecule has 0 fully saturated rings. The maximum atomic E-state index is 8.71. The van der Waals surface area contributed by atoms with Crippen LogP contribution in [0.4, 0.5) is 5.82 Å². The van der Waals surface area contributed by atoms with E-state index in [0.717, 1.165) is 5.75 Å². The van der Waals surface area contributed by atoms with Gasteiger partial charge in [-0.05, 0) is 24.3 Å². The Morgan fingerprint density at radius 3 is 2.53 bits per heavy atom. The Morgan fingerprint density at radius 2 is 1.95 bits per heavy atom. The van der Waals surface area contributed by atoms with E-state index in [-0.39, 0.29) is 18.0 Å². The molecule has 6 nitrogen and oxygen atoms in total. The van der Waals surface area contributed by atoms with E-state index in [1.54, 1.807) is 31.4 Å². The molecule has 2 rings (SSSR count). The second-order valence-electron chi connectivity index (χ2n) is 3.66. The topological polar surface area (TPSA) is 94.0 Å². The van der Waals surface area contributed by atoms with Crippen molar-refractivity contribution in [2.75, 3.05) is 12.8 Å². The van der Waals surface area contributed by atoms with E-state index in [1.165, 1.54) is 6.20 Å². The molecule has 0 saturated heterocycles. The van der Waals surface area contributed by atoms with Crippen LogP contribution < -0.4 is 15.2 Å². The van der Waals surface area contributed by atoms with Gasteiger partial charge in [0.2, 0.25) is 0 Å². The number of anilines is 1. The molecule has 96 valence electrons. The van der Waals surface area contributed by atoms with E-state index < -0.39 is 0 Å². The molecule has 1 heterocycles. The number of benzene rings is 1. The van der Waals surface area contributed by atoms with Crippen molar-refractivity contribution >= 4 is 5.82 Å². The van der Waals surface area contributed by atoms with E-state index >= 15 is 0 Å². The fourth-order valence-corrected chi connectivity index (χ4v) is 1.41. The summed E-state index contributed by atoms with van der Waals surface area (Å²) in [5.74, 6) is 2.01. The van der Waals surface area contributed by atoms with Crippen LogP contribution in [0, 0.1) is 11.3 Å². The third-order valence-corrected chi connectivity index (χ3v) is 2.42. The van der Waals surface area contributed by atoms with Crippen LogP contribution >= 0.6 is 0 Å². The third kappa shape index (κ3) is 3.10. The molecule has 0 aliphatic rings. The second-order valence-corrected chi connectivity index (χ2v) is 3.66. The van der Waals surface area contributed by atoms with Crippen LogP contribution in [0.3, 0.4) is 0 Å². The van der Waals surface area contributed by atoms with E-state index in [4.69, 9.17) is 20.5 Å². The number of nitrogens with two attached hydrogens (primary N) is 1. The second kappa shape index (κ2) is 5.69. The predicted octanol–water partition coefficient (Wildman–Crippen LogP) is 1.52. The maximum absolute atomic E-state index is 8.71. The van der Waals surface area contributed by atoms with Crippen molar-refractivity contribution in [2.24, 2.45) is 0 Å². The summed E-state index contributed by atoms with van der Waals surface area (Å²) in [6.07, 6.45) is 1.38. The van der Waals surface area contributed by atoms with Crippen molar-refractivity contribution in [1.29, 1.82) is 5.26 Å². The van der Waals surface area contributed by atoms with Gasteiger partial charge in [0.05, 0.1) is 13.3 Å². The smallest absolute Gasteiger partial charge is 0.168 e. The molecule has 6 heteroatoms. The van der Waals surface area contributed by atoms with Crippen molar-refractivity contribution in [3.63, 3.8) is 0 Å². The van der Waals surface area contributed by atoms with Gasteiger partial charge in [0.25, 0.3) is 0 Å². The Bertz CT molecular complexity index is 605. The highest BCUT2D eigenvalue weighted by Crippen LogP contribution is 2.17. The Morgan fingerprint density at radius 1 is 1.26 bits per heavy atom. The zero-order valence-corrected chi connectivity index (χ0v) is 10.3. The van der Waals surface area contributed by atoms with Crippen molar-refractivity contribution in [2.45, 2.75) is 6.61 Å². The molecule has 1 aromatic carbocycles. The van der Waals surface area contributed by atoms with Gasteiger partial charge in [0.1, 0.15) is 35.6 Å². The number of hydrogen-bond acceptors (Lipinski definition) is 6. The highest BCUT2D eigenvalue weighted by Gasteiger charge is 2.04. The molecule has 2 N–H and O–H groups in total. The number of nitriles is 1. The fraction of sp³-hybridized carbons (Fsp3) is 0.154. The van der Waals surface area contributed by atoms with E-state index in [2.05, 4.69) is 9.97 Å². The summed E-state index contributed by atoms with van der Waals surface area (Å²) in [5, 5.41) is 8.71. The summed E-state index contributed by atoms with van der Waals surface area (Å²) in [7, 11) is 1.60. The summed E-state index contributed by atoms with van der Waals surface area (Å²) in [6.45, 7) is 0.183. The van der Waals surface area contributed by atoms with Crippen LogP contribution in [0.2, 0.25) is 0 Å². The fourth-order valence-electron chi connectivity index (χ4n) is 1.41. The summed E-state index contributed by atoms with van der Waals surface area (Å²) in [4.78, 5) is 7.98. The van der Waals surface area contributed by atoms with Gasteiger partial charge in [0.15, 0.2) is 5.82 Å². The SMILES string of the molecule is COc1ccc(OCc2ncc(C#N)c(N)n2)cc1. The summed E-state index contributed by atoms with van der Waals surface area (Å²) in [6, 6.07) is 9.06. The molecule has 0 aliphatic heterocycles. The van der Waals surface area contributed by atoms with Crippen LogP contribution in [0.25, 0.3) is 0 Å². The first-order valence-electron chi connectivity index (χ1n) is 5.51. The number of aromatic nitrogens is 2. The van der Waals surface area contributed by atoms with Gasteiger partial charge in [-0.2, -0.15) is 5.26 Å². The lowest BCUT2D eigenvalue weighted by molar-refractivity contribution is 0.295. The highest BCUT2D eigenvalue weighted by molar-refractivity contribution is 5.46. The third-order valence-electron chi connectivity index (χ3n) is 2.42. The molecule has 2 aromatic rings. The lowest BCUT2D eigenvalue weighted by Crippen LogP contribution is -2.05.